The third-order valence-electron chi connectivity index (χ3n) is 2.12. The van der Waals surface area contributed by atoms with Crippen LogP contribution in [-0.4, -0.2) is 18.0 Å². The van der Waals surface area contributed by atoms with Crippen LogP contribution in [0.5, 0.6) is 0 Å². The summed E-state index contributed by atoms with van der Waals surface area (Å²) in [5, 5.41) is 0. The van der Waals surface area contributed by atoms with Gasteiger partial charge in [-0.2, -0.15) is 0 Å². The second kappa shape index (κ2) is 1.63. The Morgan fingerprint density at radius 2 is 2.33 bits per heavy atom. The molecule has 0 aromatic rings. The Morgan fingerprint density at radius 3 is 3.11 bits per heavy atom. The van der Waals surface area contributed by atoms with Crippen LogP contribution in [0.15, 0.2) is 23.9 Å². The van der Waals surface area contributed by atoms with Crippen LogP contribution in [-0.2, 0) is 0 Å². The van der Waals surface area contributed by atoms with Crippen molar-refractivity contribution in [1.82, 2.24) is 4.90 Å². The van der Waals surface area contributed by atoms with E-state index in [9.17, 15) is 0 Å². The molecule has 0 radical (unpaired) electrons. The summed E-state index contributed by atoms with van der Waals surface area (Å²) in [4.78, 5) is 2.42. The molecule has 9 heavy (non-hydrogen) atoms. The number of rotatable bonds is 0. The summed E-state index contributed by atoms with van der Waals surface area (Å²) in [6.07, 6.45) is 4.72. The standard InChI is InChI=1S/C8H11N/c1-7-4-6-9-5-2-3-8(7)9/h3H,1-2,4-6H2. The van der Waals surface area contributed by atoms with Crippen LogP contribution < -0.4 is 0 Å². The fourth-order valence-electron chi connectivity index (χ4n) is 1.60. The van der Waals surface area contributed by atoms with Gasteiger partial charge in [0.2, 0.25) is 0 Å². The molecule has 0 amide bonds. The van der Waals surface area contributed by atoms with Crippen LogP contribution >= 0.6 is 0 Å². The van der Waals surface area contributed by atoms with Crippen molar-refractivity contribution >= 4 is 0 Å². The van der Waals surface area contributed by atoms with Crippen molar-refractivity contribution in [2.45, 2.75) is 12.8 Å². The second-order valence-corrected chi connectivity index (χ2v) is 2.72. The molecule has 0 aliphatic carbocycles. The van der Waals surface area contributed by atoms with E-state index in [2.05, 4.69) is 17.6 Å². The molecule has 0 atom stereocenters. The quantitative estimate of drug-likeness (QED) is 0.470. The maximum Gasteiger partial charge on any atom is 0.0353 e. The van der Waals surface area contributed by atoms with E-state index in [-0.39, 0.29) is 0 Å². The van der Waals surface area contributed by atoms with Gasteiger partial charge < -0.3 is 4.90 Å². The molecule has 0 spiro atoms. The zero-order valence-corrected chi connectivity index (χ0v) is 5.56. The van der Waals surface area contributed by atoms with E-state index in [1.54, 1.807) is 0 Å². The van der Waals surface area contributed by atoms with Crippen molar-refractivity contribution < 1.29 is 0 Å². The lowest BCUT2D eigenvalue weighted by atomic mass is 10.2. The normalized spacial score (nSPS) is 24.7. The maximum atomic E-state index is 3.99. The Labute approximate surface area is 55.7 Å². The third kappa shape index (κ3) is 0.607. The molecule has 1 heteroatoms. The van der Waals surface area contributed by atoms with Crippen LogP contribution in [0, 0.1) is 0 Å². The highest BCUT2D eigenvalue weighted by atomic mass is 15.2. The lowest BCUT2D eigenvalue weighted by Gasteiger charge is -2.11. The first-order valence-corrected chi connectivity index (χ1v) is 3.51. The highest BCUT2D eigenvalue weighted by Gasteiger charge is 2.22. The first-order chi connectivity index (χ1) is 4.38. The van der Waals surface area contributed by atoms with E-state index < -0.39 is 0 Å². The molecule has 0 aromatic heterocycles. The molecule has 0 unspecified atom stereocenters. The molecular formula is C8H11N. The van der Waals surface area contributed by atoms with Gasteiger partial charge in [-0.15, -0.1) is 0 Å². The Balaban J connectivity index is 2.32. The second-order valence-electron chi connectivity index (χ2n) is 2.72. The zero-order valence-electron chi connectivity index (χ0n) is 5.56. The fourth-order valence-corrected chi connectivity index (χ4v) is 1.60. The third-order valence-corrected chi connectivity index (χ3v) is 2.12. The first-order valence-electron chi connectivity index (χ1n) is 3.51. The average molecular weight is 121 g/mol. The smallest absolute Gasteiger partial charge is 0.0353 e. The molecule has 48 valence electrons. The summed E-state index contributed by atoms with van der Waals surface area (Å²) in [6, 6.07) is 0. The number of hydrogen-bond donors (Lipinski definition) is 0. The molecule has 0 N–H and O–H groups in total. The summed E-state index contributed by atoms with van der Waals surface area (Å²) in [7, 11) is 0. The summed E-state index contributed by atoms with van der Waals surface area (Å²) < 4.78 is 0. The maximum absolute atomic E-state index is 3.99. The molecule has 1 saturated heterocycles. The monoisotopic (exact) mass is 121 g/mol. The molecular weight excluding hydrogens is 110 g/mol. The first kappa shape index (κ1) is 5.10. The Morgan fingerprint density at radius 1 is 1.44 bits per heavy atom. The zero-order chi connectivity index (χ0) is 6.27. The van der Waals surface area contributed by atoms with Gasteiger partial charge in [-0.1, -0.05) is 12.7 Å². The Hall–Kier alpha value is -0.720. The minimum Gasteiger partial charge on any atom is -0.371 e. The Bertz CT molecular complexity index is 179. The van der Waals surface area contributed by atoms with Gasteiger partial charge in [-0.3, -0.25) is 0 Å². The van der Waals surface area contributed by atoms with Gasteiger partial charge in [0, 0.05) is 18.8 Å². The minimum atomic E-state index is 1.19. The summed E-state index contributed by atoms with van der Waals surface area (Å²) >= 11 is 0. The van der Waals surface area contributed by atoms with E-state index in [1.807, 2.05) is 0 Å². The Kier molecular flexibility index (Phi) is 0.922. The molecule has 2 heterocycles. The average Bonchev–Trinajstić information content (AvgIpc) is 2.35. The van der Waals surface area contributed by atoms with Crippen molar-refractivity contribution in [1.29, 1.82) is 0 Å². The molecule has 0 bridgehead atoms. The molecule has 0 saturated carbocycles. The van der Waals surface area contributed by atoms with Crippen molar-refractivity contribution in [2.75, 3.05) is 13.1 Å². The largest absolute Gasteiger partial charge is 0.371 e. The fraction of sp³-hybridized carbons (Fsp3) is 0.500. The molecule has 2 aliphatic rings. The number of hydrogen-bond acceptors (Lipinski definition) is 1. The topological polar surface area (TPSA) is 3.24 Å². The van der Waals surface area contributed by atoms with Crippen LogP contribution in [0.25, 0.3) is 0 Å². The van der Waals surface area contributed by atoms with E-state index in [4.69, 9.17) is 0 Å². The van der Waals surface area contributed by atoms with Gasteiger partial charge in [-0.05, 0) is 18.4 Å². The summed E-state index contributed by atoms with van der Waals surface area (Å²) in [6.45, 7) is 6.43. The molecule has 2 rings (SSSR count). The van der Waals surface area contributed by atoms with Gasteiger partial charge in [0.25, 0.3) is 0 Å². The van der Waals surface area contributed by atoms with Gasteiger partial charge in [0.15, 0.2) is 0 Å². The van der Waals surface area contributed by atoms with E-state index in [0.717, 1.165) is 0 Å². The van der Waals surface area contributed by atoms with E-state index >= 15 is 0 Å². The minimum absolute atomic E-state index is 1.19. The lowest BCUT2D eigenvalue weighted by molar-refractivity contribution is 0.429. The van der Waals surface area contributed by atoms with Crippen LogP contribution in [0.3, 0.4) is 0 Å². The van der Waals surface area contributed by atoms with Gasteiger partial charge in [-0.25, -0.2) is 0 Å². The van der Waals surface area contributed by atoms with Crippen molar-refractivity contribution in [2.24, 2.45) is 0 Å². The van der Waals surface area contributed by atoms with Gasteiger partial charge in [0.05, 0.1) is 0 Å². The van der Waals surface area contributed by atoms with E-state index in [0.29, 0.717) is 0 Å². The van der Waals surface area contributed by atoms with Crippen LogP contribution in [0.4, 0.5) is 0 Å². The number of nitrogens with zero attached hydrogens (tertiary/aromatic N) is 1. The van der Waals surface area contributed by atoms with Crippen molar-refractivity contribution in [3.63, 3.8) is 0 Å². The highest BCUT2D eigenvalue weighted by molar-refractivity contribution is 5.34. The number of allylic oxidation sites excluding steroid dienone is 1. The number of fused-ring (bicyclic) bond motifs is 1. The SMILES string of the molecule is C=C1CCN2CCC=C12. The van der Waals surface area contributed by atoms with Gasteiger partial charge in [0.1, 0.15) is 0 Å². The van der Waals surface area contributed by atoms with Crippen LogP contribution in [0.1, 0.15) is 12.8 Å². The summed E-state index contributed by atoms with van der Waals surface area (Å²) in [5.74, 6) is 0. The van der Waals surface area contributed by atoms with Crippen molar-refractivity contribution in [3.05, 3.63) is 23.9 Å². The van der Waals surface area contributed by atoms with Crippen LogP contribution in [0.2, 0.25) is 0 Å². The highest BCUT2D eigenvalue weighted by Crippen LogP contribution is 2.29. The van der Waals surface area contributed by atoms with Gasteiger partial charge >= 0.3 is 0 Å². The molecule has 1 nitrogen and oxygen atoms in total. The molecule has 2 aliphatic heterocycles. The van der Waals surface area contributed by atoms with E-state index in [1.165, 1.54) is 37.2 Å². The predicted molar refractivity (Wildman–Crippen MR) is 38.0 cm³/mol. The lowest BCUT2D eigenvalue weighted by Crippen LogP contribution is -2.13. The van der Waals surface area contributed by atoms with Crippen molar-refractivity contribution in [3.8, 4) is 0 Å². The summed E-state index contributed by atoms with van der Waals surface area (Å²) in [5.41, 5.74) is 2.77. The molecule has 0 aromatic carbocycles. The molecule has 1 fully saturated rings. The predicted octanol–water partition coefficient (Wildman–Crippen LogP) is 1.54.